The molecule has 0 heterocycles. The van der Waals surface area contributed by atoms with Crippen molar-refractivity contribution in [2.45, 2.75) is 19.5 Å². The first-order valence-electron chi connectivity index (χ1n) is 6.45. The Balaban J connectivity index is 2.89. The van der Waals surface area contributed by atoms with Gasteiger partial charge < -0.3 is 4.90 Å². The van der Waals surface area contributed by atoms with Gasteiger partial charge in [0.2, 0.25) is 10.0 Å². The number of benzene rings is 1. The van der Waals surface area contributed by atoms with Gasteiger partial charge in [-0.25, -0.2) is 8.42 Å². The standard InChI is InChI=1S/C13H17F3N2O3S/c1-3-18(8-7-13(14,15)16)12(19)10-5-4-6-11(9-10)17-22(2,20)21/h4-6,9,17H,3,7-8H2,1-2H3. The summed E-state index contributed by atoms with van der Waals surface area (Å²) in [5.74, 6) is -0.580. The highest BCUT2D eigenvalue weighted by atomic mass is 32.2. The Morgan fingerprint density at radius 2 is 1.95 bits per heavy atom. The SMILES string of the molecule is CCN(CCC(F)(F)F)C(=O)c1cccc(NS(C)(=O)=O)c1. The highest BCUT2D eigenvalue weighted by Crippen LogP contribution is 2.21. The molecule has 0 saturated heterocycles. The van der Waals surface area contributed by atoms with E-state index in [-0.39, 0.29) is 17.8 Å². The smallest absolute Gasteiger partial charge is 0.339 e. The fourth-order valence-electron chi connectivity index (χ4n) is 1.78. The van der Waals surface area contributed by atoms with Gasteiger partial charge >= 0.3 is 6.18 Å². The van der Waals surface area contributed by atoms with Crippen LogP contribution in [0.2, 0.25) is 0 Å². The molecule has 1 N–H and O–H groups in total. The number of nitrogens with zero attached hydrogens (tertiary/aromatic N) is 1. The molecule has 0 spiro atoms. The number of alkyl halides is 3. The van der Waals surface area contributed by atoms with Gasteiger partial charge in [0.25, 0.3) is 5.91 Å². The Hall–Kier alpha value is -1.77. The molecule has 1 rings (SSSR count). The summed E-state index contributed by atoms with van der Waals surface area (Å²) in [6.07, 6.45) is -4.47. The summed E-state index contributed by atoms with van der Waals surface area (Å²) in [6.45, 7) is 1.26. The van der Waals surface area contributed by atoms with Crippen LogP contribution in [0.15, 0.2) is 24.3 Å². The summed E-state index contributed by atoms with van der Waals surface area (Å²) in [5.41, 5.74) is 0.304. The molecule has 124 valence electrons. The van der Waals surface area contributed by atoms with E-state index in [2.05, 4.69) is 4.72 Å². The van der Waals surface area contributed by atoms with Crippen LogP contribution in [0.3, 0.4) is 0 Å². The van der Waals surface area contributed by atoms with Crippen LogP contribution in [-0.4, -0.2) is 44.7 Å². The van der Waals surface area contributed by atoms with E-state index in [0.29, 0.717) is 0 Å². The summed E-state index contributed by atoms with van der Waals surface area (Å²) >= 11 is 0. The third-order valence-corrected chi connectivity index (χ3v) is 3.35. The van der Waals surface area contributed by atoms with Crippen molar-refractivity contribution in [1.82, 2.24) is 4.90 Å². The van der Waals surface area contributed by atoms with Crippen LogP contribution in [0.4, 0.5) is 18.9 Å². The predicted octanol–water partition coefficient (Wildman–Crippen LogP) is 2.47. The van der Waals surface area contributed by atoms with Gasteiger partial charge in [-0.3, -0.25) is 9.52 Å². The minimum Gasteiger partial charge on any atom is -0.339 e. The molecule has 0 fully saturated rings. The molecule has 1 aromatic carbocycles. The maximum absolute atomic E-state index is 12.3. The van der Waals surface area contributed by atoms with Gasteiger partial charge in [-0.1, -0.05) is 6.07 Å². The van der Waals surface area contributed by atoms with Crippen molar-refractivity contribution in [1.29, 1.82) is 0 Å². The van der Waals surface area contributed by atoms with E-state index >= 15 is 0 Å². The molecule has 0 aromatic heterocycles. The number of nitrogens with one attached hydrogen (secondary N) is 1. The maximum Gasteiger partial charge on any atom is 0.390 e. The van der Waals surface area contributed by atoms with Crippen LogP contribution >= 0.6 is 0 Å². The van der Waals surface area contributed by atoms with Gasteiger partial charge in [-0.05, 0) is 25.1 Å². The monoisotopic (exact) mass is 338 g/mol. The van der Waals surface area contributed by atoms with E-state index in [9.17, 15) is 26.4 Å². The van der Waals surface area contributed by atoms with Gasteiger partial charge in [0.05, 0.1) is 12.7 Å². The largest absolute Gasteiger partial charge is 0.390 e. The van der Waals surface area contributed by atoms with E-state index in [0.717, 1.165) is 11.2 Å². The Morgan fingerprint density at radius 1 is 1.32 bits per heavy atom. The number of rotatable bonds is 6. The van der Waals surface area contributed by atoms with Crippen molar-refractivity contribution in [3.05, 3.63) is 29.8 Å². The van der Waals surface area contributed by atoms with Crippen LogP contribution in [-0.2, 0) is 10.0 Å². The van der Waals surface area contributed by atoms with Crippen molar-refractivity contribution in [3.63, 3.8) is 0 Å². The van der Waals surface area contributed by atoms with Crippen molar-refractivity contribution in [3.8, 4) is 0 Å². The molecule has 0 bridgehead atoms. The third-order valence-electron chi connectivity index (χ3n) is 2.75. The molecule has 0 aliphatic heterocycles. The minimum absolute atomic E-state index is 0.123. The third kappa shape index (κ3) is 6.33. The van der Waals surface area contributed by atoms with E-state index in [1.165, 1.54) is 24.3 Å². The number of carbonyl (C=O) groups is 1. The topological polar surface area (TPSA) is 66.5 Å². The van der Waals surface area contributed by atoms with E-state index in [1.807, 2.05) is 0 Å². The van der Waals surface area contributed by atoms with Crippen LogP contribution in [0.1, 0.15) is 23.7 Å². The first kappa shape index (κ1) is 18.3. The van der Waals surface area contributed by atoms with Crippen LogP contribution in [0.25, 0.3) is 0 Å². The van der Waals surface area contributed by atoms with Crippen molar-refractivity contribution in [2.75, 3.05) is 24.1 Å². The first-order chi connectivity index (χ1) is 10.0. The summed E-state index contributed by atoms with van der Waals surface area (Å²) in [4.78, 5) is 13.3. The lowest BCUT2D eigenvalue weighted by atomic mass is 10.1. The van der Waals surface area contributed by atoms with Crippen LogP contribution < -0.4 is 4.72 Å². The van der Waals surface area contributed by atoms with Crippen molar-refractivity contribution in [2.24, 2.45) is 0 Å². The fraction of sp³-hybridized carbons (Fsp3) is 0.462. The average molecular weight is 338 g/mol. The Kier molecular flexibility index (Phi) is 5.81. The van der Waals surface area contributed by atoms with Gasteiger partial charge in [0.15, 0.2) is 0 Å². The van der Waals surface area contributed by atoms with E-state index in [4.69, 9.17) is 0 Å². The van der Waals surface area contributed by atoms with Gasteiger partial charge in [0, 0.05) is 24.3 Å². The molecule has 1 amide bonds. The zero-order chi connectivity index (χ0) is 17.0. The molecule has 1 aromatic rings. The maximum atomic E-state index is 12.3. The van der Waals surface area contributed by atoms with E-state index < -0.39 is 35.1 Å². The molecule has 0 aliphatic rings. The molecule has 5 nitrogen and oxygen atoms in total. The summed E-state index contributed by atoms with van der Waals surface area (Å²) in [5, 5.41) is 0. The number of halogens is 3. The number of carbonyl (C=O) groups excluding carboxylic acids is 1. The molecular weight excluding hydrogens is 321 g/mol. The number of sulfonamides is 1. The number of anilines is 1. The second-order valence-electron chi connectivity index (χ2n) is 4.71. The summed E-state index contributed by atoms with van der Waals surface area (Å²) in [6, 6.07) is 5.62. The number of hydrogen-bond acceptors (Lipinski definition) is 3. The molecule has 22 heavy (non-hydrogen) atoms. The predicted molar refractivity (Wildman–Crippen MR) is 77.2 cm³/mol. The average Bonchev–Trinajstić information content (AvgIpc) is 2.36. The highest BCUT2D eigenvalue weighted by Gasteiger charge is 2.28. The second-order valence-corrected chi connectivity index (χ2v) is 6.45. The lowest BCUT2D eigenvalue weighted by Gasteiger charge is -2.22. The molecule has 0 aliphatic carbocycles. The lowest BCUT2D eigenvalue weighted by Crippen LogP contribution is -2.34. The molecule has 0 saturated carbocycles. The summed E-state index contributed by atoms with van der Waals surface area (Å²) in [7, 11) is -3.50. The fourth-order valence-corrected chi connectivity index (χ4v) is 2.33. The molecule has 0 atom stereocenters. The Morgan fingerprint density at radius 3 is 2.45 bits per heavy atom. The second kappa shape index (κ2) is 6.99. The normalized spacial score (nSPS) is 12.0. The van der Waals surface area contributed by atoms with Gasteiger partial charge in [0.1, 0.15) is 0 Å². The van der Waals surface area contributed by atoms with Crippen LogP contribution in [0, 0.1) is 0 Å². The van der Waals surface area contributed by atoms with Gasteiger partial charge in [-0.15, -0.1) is 0 Å². The van der Waals surface area contributed by atoms with Crippen LogP contribution in [0.5, 0.6) is 0 Å². The Labute approximate surface area is 127 Å². The molecule has 0 unspecified atom stereocenters. The minimum atomic E-state index is -4.34. The van der Waals surface area contributed by atoms with Gasteiger partial charge in [-0.2, -0.15) is 13.2 Å². The first-order valence-corrected chi connectivity index (χ1v) is 8.35. The van der Waals surface area contributed by atoms with Crippen molar-refractivity contribution >= 4 is 21.6 Å². The number of hydrogen-bond donors (Lipinski definition) is 1. The lowest BCUT2D eigenvalue weighted by molar-refractivity contribution is -0.136. The highest BCUT2D eigenvalue weighted by molar-refractivity contribution is 7.92. The quantitative estimate of drug-likeness (QED) is 0.866. The molecule has 9 heteroatoms. The molecule has 0 radical (unpaired) electrons. The van der Waals surface area contributed by atoms with E-state index in [1.54, 1.807) is 6.92 Å². The summed E-state index contributed by atoms with van der Waals surface area (Å²) < 4.78 is 61.3. The zero-order valence-electron chi connectivity index (χ0n) is 12.1. The van der Waals surface area contributed by atoms with Crippen molar-refractivity contribution < 1.29 is 26.4 Å². The Bertz CT molecular complexity index is 630. The zero-order valence-corrected chi connectivity index (χ0v) is 13.0. The molecular formula is C13H17F3N2O3S. The number of amides is 1.